The number of carbonyl (C=O) groups is 1. The van der Waals surface area contributed by atoms with E-state index >= 15 is 0 Å². The second-order valence-corrected chi connectivity index (χ2v) is 5.70. The predicted molar refractivity (Wildman–Crippen MR) is 73.5 cm³/mol. The molecule has 3 rings (SSSR count). The Balaban J connectivity index is 0.00000133. The van der Waals surface area contributed by atoms with Gasteiger partial charge in [0.25, 0.3) is 0 Å². The summed E-state index contributed by atoms with van der Waals surface area (Å²) in [5, 5.41) is 3.25. The van der Waals surface area contributed by atoms with Crippen molar-refractivity contribution in [3.63, 3.8) is 0 Å². The molecule has 1 atom stereocenters. The summed E-state index contributed by atoms with van der Waals surface area (Å²) in [5.41, 5.74) is 0.337. The number of hydrogen-bond acceptors (Lipinski definition) is 4. The smallest absolute Gasteiger partial charge is 0.242 e. The summed E-state index contributed by atoms with van der Waals surface area (Å²) in [5.74, 6) is 0.220. The van der Waals surface area contributed by atoms with E-state index in [2.05, 4.69) is 5.32 Å². The summed E-state index contributed by atoms with van der Waals surface area (Å²) < 4.78 is 10.8. The molecule has 5 nitrogen and oxygen atoms in total. The molecule has 1 amide bonds. The topological polar surface area (TPSA) is 50.8 Å². The van der Waals surface area contributed by atoms with Gasteiger partial charge in [0.1, 0.15) is 6.04 Å². The maximum atomic E-state index is 12.4. The summed E-state index contributed by atoms with van der Waals surface area (Å²) in [4.78, 5) is 14.4. The number of amides is 1. The van der Waals surface area contributed by atoms with Gasteiger partial charge in [0.05, 0.1) is 13.2 Å². The first-order valence-electron chi connectivity index (χ1n) is 6.97. The van der Waals surface area contributed by atoms with Gasteiger partial charge in [0, 0.05) is 32.8 Å². The van der Waals surface area contributed by atoms with Gasteiger partial charge in [-0.1, -0.05) is 0 Å². The Kier molecular flexibility index (Phi) is 5.06. The molecule has 6 heteroatoms. The number of halogens is 1. The van der Waals surface area contributed by atoms with Gasteiger partial charge in [-0.3, -0.25) is 4.79 Å². The van der Waals surface area contributed by atoms with Crippen molar-refractivity contribution in [3.05, 3.63) is 0 Å². The van der Waals surface area contributed by atoms with Crippen LogP contribution in [0.4, 0.5) is 0 Å². The Morgan fingerprint density at radius 1 is 1.16 bits per heavy atom. The Labute approximate surface area is 120 Å². The number of hydrogen-bond donors (Lipinski definition) is 1. The lowest BCUT2D eigenvalue weighted by Crippen LogP contribution is -2.52. The second-order valence-electron chi connectivity index (χ2n) is 5.70. The molecule has 3 heterocycles. The quantitative estimate of drug-likeness (QED) is 0.761. The normalized spacial score (nSPS) is 30.1. The number of likely N-dealkylation sites (tertiary alicyclic amines) is 1. The van der Waals surface area contributed by atoms with E-state index in [4.69, 9.17) is 9.47 Å². The average molecular weight is 291 g/mol. The van der Waals surface area contributed by atoms with Crippen molar-refractivity contribution in [2.45, 2.75) is 25.3 Å². The number of nitrogens with zero attached hydrogens (tertiary/aromatic N) is 1. The van der Waals surface area contributed by atoms with Crippen molar-refractivity contribution in [1.29, 1.82) is 0 Å². The number of ether oxygens (including phenoxy) is 2. The fourth-order valence-electron chi connectivity index (χ4n) is 3.28. The standard InChI is InChI=1S/C13H22N2O3.ClH/c16-12(11-9-18-8-4-14-11)15-5-1-13(10-15)2-6-17-7-3-13;/h11,14H,1-10H2;1H. The van der Waals surface area contributed by atoms with Gasteiger partial charge < -0.3 is 19.7 Å². The fourth-order valence-corrected chi connectivity index (χ4v) is 3.28. The third kappa shape index (κ3) is 3.21. The van der Waals surface area contributed by atoms with Crippen LogP contribution in [0.2, 0.25) is 0 Å². The SMILES string of the molecule is Cl.O=C(C1COCCN1)N1CCC2(CCOCC2)C1. The second kappa shape index (κ2) is 6.39. The van der Waals surface area contributed by atoms with Crippen molar-refractivity contribution >= 4 is 18.3 Å². The number of carbonyl (C=O) groups excluding carboxylic acids is 1. The Morgan fingerprint density at radius 3 is 2.63 bits per heavy atom. The minimum Gasteiger partial charge on any atom is -0.381 e. The van der Waals surface area contributed by atoms with Gasteiger partial charge in [-0.25, -0.2) is 0 Å². The monoisotopic (exact) mass is 290 g/mol. The van der Waals surface area contributed by atoms with Crippen LogP contribution in [0.3, 0.4) is 0 Å². The zero-order valence-corrected chi connectivity index (χ0v) is 12.0. The average Bonchev–Trinajstić information content (AvgIpc) is 2.83. The van der Waals surface area contributed by atoms with Gasteiger partial charge >= 0.3 is 0 Å². The summed E-state index contributed by atoms with van der Waals surface area (Å²) in [6, 6.07) is -0.131. The highest BCUT2D eigenvalue weighted by Crippen LogP contribution is 2.39. The lowest BCUT2D eigenvalue weighted by atomic mass is 9.80. The van der Waals surface area contributed by atoms with E-state index in [1.165, 1.54) is 0 Å². The van der Waals surface area contributed by atoms with E-state index in [9.17, 15) is 4.79 Å². The molecule has 1 spiro atoms. The molecular formula is C13H23ClN2O3. The van der Waals surface area contributed by atoms with E-state index in [1.807, 2.05) is 4.90 Å². The van der Waals surface area contributed by atoms with Crippen LogP contribution in [0.25, 0.3) is 0 Å². The van der Waals surface area contributed by atoms with E-state index in [0.717, 1.165) is 52.1 Å². The maximum absolute atomic E-state index is 12.4. The molecule has 3 fully saturated rings. The van der Waals surface area contributed by atoms with Gasteiger partial charge in [0.2, 0.25) is 5.91 Å². The summed E-state index contributed by atoms with van der Waals surface area (Å²) >= 11 is 0. The lowest BCUT2D eigenvalue weighted by molar-refractivity contribution is -0.136. The van der Waals surface area contributed by atoms with Crippen molar-refractivity contribution in [2.75, 3.05) is 46.1 Å². The number of rotatable bonds is 1. The van der Waals surface area contributed by atoms with Crippen molar-refractivity contribution in [3.8, 4) is 0 Å². The van der Waals surface area contributed by atoms with Gasteiger partial charge in [-0.15, -0.1) is 12.4 Å². The zero-order valence-electron chi connectivity index (χ0n) is 11.2. The molecule has 1 unspecified atom stereocenters. The highest BCUT2D eigenvalue weighted by atomic mass is 35.5. The van der Waals surface area contributed by atoms with Crippen LogP contribution in [0.15, 0.2) is 0 Å². The molecule has 0 aromatic heterocycles. The highest BCUT2D eigenvalue weighted by Gasteiger charge is 2.42. The van der Waals surface area contributed by atoms with Crippen molar-refractivity contribution in [1.82, 2.24) is 10.2 Å². The van der Waals surface area contributed by atoms with E-state index in [1.54, 1.807) is 0 Å². The van der Waals surface area contributed by atoms with Crippen molar-refractivity contribution < 1.29 is 14.3 Å². The van der Waals surface area contributed by atoms with Crippen LogP contribution in [-0.4, -0.2) is 62.9 Å². The largest absolute Gasteiger partial charge is 0.381 e. The van der Waals surface area contributed by atoms with Crippen LogP contribution in [0.5, 0.6) is 0 Å². The molecule has 1 N–H and O–H groups in total. The Hall–Kier alpha value is -0.360. The molecule has 19 heavy (non-hydrogen) atoms. The van der Waals surface area contributed by atoms with Crippen LogP contribution < -0.4 is 5.32 Å². The molecule has 0 aliphatic carbocycles. The first-order chi connectivity index (χ1) is 8.79. The molecule has 3 saturated heterocycles. The molecule has 0 aromatic carbocycles. The Bertz CT molecular complexity index is 315. The van der Waals surface area contributed by atoms with Gasteiger partial charge in [-0.2, -0.15) is 0 Å². The van der Waals surface area contributed by atoms with Crippen LogP contribution in [-0.2, 0) is 14.3 Å². The fraction of sp³-hybridized carbons (Fsp3) is 0.923. The molecule has 0 radical (unpaired) electrons. The number of nitrogens with one attached hydrogen (secondary N) is 1. The van der Waals surface area contributed by atoms with E-state index in [0.29, 0.717) is 18.6 Å². The van der Waals surface area contributed by atoms with Gasteiger partial charge in [0.15, 0.2) is 0 Å². The highest BCUT2D eigenvalue weighted by molar-refractivity contribution is 5.85. The van der Waals surface area contributed by atoms with Crippen LogP contribution in [0, 0.1) is 5.41 Å². The molecular weight excluding hydrogens is 268 g/mol. The molecule has 3 aliphatic heterocycles. The van der Waals surface area contributed by atoms with Gasteiger partial charge in [-0.05, 0) is 24.7 Å². The Morgan fingerprint density at radius 2 is 1.95 bits per heavy atom. The maximum Gasteiger partial charge on any atom is 0.242 e. The first kappa shape index (κ1) is 15.0. The van der Waals surface area contributed by atoms with E-state index < -0.39 is 0 Å². The summed E-state index contributed by atoms with van der Waals surface area (Å²) in [6.45, 7) is 5.53. The summed E-state index contributed by atoms with van der Waals surface area (Å²) in [7, 11) is 0. The third-order valence-corrected chi connectivity index (χ3v) is 4.52. The predicted octanol–water partition coefficient (Wildman–Crippen LogP) is 0.426. The number of morpholine rings is 1. The van der Waals surface area contributed by atoms with E-state index in [-0.39, 0.29) is 24.4 Å². The third-order valence-electron chi connectivity index (χ3n) is 4.52. The minimum absolute atomic E-state index is 0. The molecule has 0 saturated carbocycles. The van der Waals surface area contributed by atoms with Crippen LogP contribution in [0.1, 0.15) is 19.3 Å². The lowest BCUT2D eigenvalue weighted by Gasteiger charge is -2.34. The van der Waals surface area contributed by atoms with Crippen LogP contribution >= 0.6 is 12.4 Å². The molecule has 3 aliphatic rings. The first-order valence-corrected chi connectivity index (χ1v) is 6.97. The molecule has 0 aromatic rings. The zero-order chi connectivity index (χ0) is 12.4. The summed E-state index contributed by atoms with van der Waals surface area (Å²) in [6.07, 6.45) is 3.34. The molecule has 110 valence electrons. The van der Waals surface area contributed by atoms with Crippen molar-refractivity contribution in [2.24, 2.45) is 5.41 Å². The minimum atomic E-state index is -0.131. The molecule has 0 bridgehead atoms.